The van der Waals surface area contributed by atoms with Crippen LogP contribution in [-0.4, -0.2) is 33.0 Å². The maximum atomic E-state index is 12.6. The zero-order valence-electron chi connectivity index (χ0n) is 15.6. The highest BCUT2D eigenvalue weighted by molar-refractivity contribution is 7.94. The second-order valence-electron chi connectivity index (χ2n) is 6.98. The molecule has 0 unspecified atom stereocenters. The average Bonchev–Trinajstić information content (AvgIpc) is 3.26. The minimum Gasteiger partial charge on any atom is -0.303 e. The van der Waals surface area contributed by atoms with Crippen LogP contribution in [0.15, 0.2) is 40.6 Å². The second-order valence-corrected chi connectivity index (χ2v) is 10.1. The van der Waals surface area contributed by atoms with E-state index >= 15 is 0 Å². The molecule has 0 aliphatic carbocycles. The fourth-order valence-corrected chi connectivity index (χ4v) is 6.05. The molecule has 2 aromatic rings. The molecule has 1 aliphatic heterocycles. The van der Waals surface area contributed by atoms with E-state index in [1.54, 1.807) is 6.07 Å². The van der Waals surface area contributed by atoms with Gasteiger partial charge >= 0.3 is 0 Å². The van der Waals surface area contributed by atoms with Gasteiger partial charge in [0.15, 0.2) is 0 Å². The Kier molecular flexibility index (Phi) is 6.37. The molecule has 1 saturated heterocycles. The van der Waals surface area contributed by atoms with E-state index in [4.69, 9.17) is 0 Å². The molecule has 26 heavy (non-hydrogen) atoms. The largest absolute Gasteiger partial charge is 0.303 e. The Hall–Kier alpha value is -1.37. The number of sulfonamides is 1. The fourth-order valence-electron chi connectivity index (χ4n) is 3.54. The standard InChI is InChI=1S/C20H28N2O2S2/c1-3-5-19-10-11-20(25-19)26(23,24)21-18-8-6-16(7-9-18)17-12-14-22(15-17)13-4-2/h6-11,17,21H,3-5,12-15H2,1-2H3/t17-/m1/s1. The Labute approximate surface area is 161 Å². The Morgan fingerprint density at radius 2 is 1.88 bits per heavy atom. The van der Waals surface area contributed by atoms with E-state index < -0.39 is 10.0 Å². The molecule has 1 aromatic heterocycles. The summed E-state index contributed by atoms with van der Waals surface area (Å²) < 4.78 is 28.2. The molecule has 6 heteroatoms. The Bertz CT molecular complexity index is 813. The van der Waals surface area contributed by atoms with Crippen LogP contribution in [0.1, 0.15) is 49.5 Å². The minimum atomic E-state index is -3.50. The van der Waals surface area contributed by atoms with E-state index in [0.717, 1.165) is 37.4 Å². The third kappa shape index (κ3) is 4.67. The van der Waals surface area contributed by atoms with Crippen molar-refractivity contribution in [1.82, 2.24) is 4.90 Å². The van der Waals surface area contributed by atoms with Crippen molar-refractivity contribution in [1.29, 1.82) is 0 Å². The lowest BCUT2D eigenvalue weighted by Crippen LogP contribution is -2.20. The van der Waals surface area contributed by atoms with Gasteiger partial charge in [-0.1, -0.05) is 32.4 Å². The quantitative estimate of drug-likeness (QED) is 0.708. The molecule has 0 amide bonds. The first-order valence-corrected chi connectivity index (χ1v) is 11.8. The van der Waals surface area contributed by atoms with Crippen LogP contribution in [-0.2, 0) is 16.4 Å². The predicted molar refractivity (Wildman–Crippen MR) is 110 cm³/mol. The van der Waals surface area contributed by atoms with Crippen LogP contribution in [0.25, 0.3) is 0 Å². The van der Waals surface area contributed by atoms with Crippen LogP contribution in [0.5, 0.6) is 0 Å². The highest BCUT2D eigenvalue weighted by atomic mass is 32.2. The van der Waals surface area contributed by atoms with Crippen molar-refractivity contribution >= 4 is 27.0 Å². The molecule has 1 atom stereocenters. The SMILES string of the molecule is CCCc1ccc(S(=O)(=O)Nc2ccc([C@@H]3CCN(CCC)C3)cc2)s1. The first kappa shape index (κ1) is 19.4. The fraction of sp³-hybridized carbons (Fsp3) is 0.500. The van der Waals surface area contributed by atoms with Crippen molar-refractivity contribution in [3.8, 4) is 0 Å². The van der Waals surface area contributed by atoms with E-state index in [1.807, 2.05) is 18.2 Å². The van der Waals surface area contributed by atoms with Crippen LogP contribution in [0.3, 0.4) is 0 Å². The summed E-state index contributed by atoms with van der Waals surface area (Å²) >= 11 is 1.36. The van der Waals surface area contributed by atoms with Gasteiger partial charge in [-0.2, -0.15) is 0 Å². The number of hydrogen-bond acceptors (Lipinski definition) is 4. The molecule has 2 heterocycles. The van der Waals surface area contributed by atoms with Crippen molar-refractivity contribution in [2.75, 3.05) is 24.4 Å². The van der Waals surface area contributed by atoms with Gasteiger partial charge in [0.25, 0.3) is 10.0 Å². The van der Waals surface area contributed by atoms with E-state index in [0.29, 0.717) is 15.8 Å². The van der Waals surface area contributed by atoms with Crippen LogP contribution in [0, 0.1) is 0 Å². The molecule has 1 fully saturated rings. The number of likely N-dealkylation sites (tertiary alicyclic amines) is 1. The maximum Gasteiger partial charge on any atom is 0.271 e. The van der Waals surface area contributed by atoms with Crippen molar-refractivity contribution in [2.45, 2.75) is 49.7 Å². The number of thiophene rings is 1. The second kappa shape index (κ2) is 8.55. The molecular weight excluding hydrogens is 364 g/mol. The van der Waals surface area contributed by atoms with Gasteiger partial charge in [-0.3, -0.25) is 4.72 Å². The Morgan fingerprint density at radius 3 is 2.58 bits per heavy atom. The van der Waals surface area contributed by atoms with Crippen LogP contribution in [0.2, 0.25) is 0 Å². The summed E-state index contributed by atoms with van der Waals surface area (Å²) in [6, 6.07) is 11.5. The minimum absolute atomic E-state index is 0.385. The molecule has 1 aliphatic rings. The van der Waals surface area contributed by atoms with Gasteiger partial charge in [0.1, 0.15) is 4.21 Å². The maximum absolute atomic E-state index is 12.6. The molecule has 0 radical (unpaired) electrons. The number of anilines is 1. The topological polar surface area (TPSA) is 49.4 Å². The Balaban J connectivity index is 1.65. The van der Waals surface area contributed by atoms with E-state index in [9.17, 15) is 8.42 Å². The Morgan fingerprint density at radius 1 is 1.12 bits per heavy atom. The normalized spacial score (nSPS) is 18.3. The monoisotopic (exact) mass is 392 g/mol. The van der Waals surface area contributed by atoms with Gasteiger partial charge < -0.3 is 4.90 Å². The lowest BCUT2D eigenvalue weighted by atomic mass is 9.98. The lowest BCUT2D eigenvalue weighted by molar-refractivity contribution is 0.335. The van der Waals surface area contributed by atoms with Crippen LogP contribution >= 0.6 is 11.3 Å². The van der Waals surface area contributed by atoms with Crippen molar-refractivity contribution in [3.63, 3.8) is 0 Å². The number of benzene rings is 1. The molecule has 0 bridgehead atoms. The number of aryl methyl sites for hydroxylation is 1. The summed E-state index contributed by atoms with van der Waals surface area (Å²) in [5, 5.41) is 0. The van der Waals surface area contributed by atoms with E-state index in [2.05, 4.69) is 35.6 Å². The van der Waals surface area contributed by atoms with Gasteiger partial charge in [0, 0.05) is 17.1 Å². The number of rotatable bonds is 8. The lowest BCUT2D eigenvalue weighted by Gasteiger charge is -2.15. The molecule has 3 rings (SSSR count). The van der Waals surface area contributed by atoms with Gasteiger partial charge in [0.2, 0.25) is 0 Å². The smallest absolute Gasteiger partial charge is 0.271 e. The van der Waals surface area contributed by atoms with Gasteiger partial charge in [0.05, 0.1) is 0 Å². The van der Waals surface area contributed by atoms with E-state index in [-0.39, 0.29) is 0 Å². The number of hydrogen-bond donors (Lipinski definition) is 1. The summed E-state index contributed by atoms with van der Waals surface area (Å²) in [6.45, 7) is 7.74. The highest BCUT2D eigenvalue weighted by Crippen LogP contribution is 2.29. The summed E-state index contributed by atoms with van der Waals surface area (Å²) in [5.74, 6) is 0.557. The third-order valence-electron chi connectivity index (χ3n) is 4.84. The highest BCUT2D eigenvalue weighted by Gasteiger charge is 2.23. The summed E-state index contributed by atoms with van der Waals surface area (Å²) in [6.07, 6.45) is 4.31. The van der Waals surface area contributed by atoms with Crippen molar-refractivity contribution < 1.29 is 8.42 Å². The van der Waals surface area contributed by atoms with Gasteiger partial charge in [-0.25, -0.2) is 8.42 Å². The summed E-state index contributed by atoms with van der Waals surface area (Å²) in [5.41, 5.74) is 1.93. The molecule has 1 N–H and O–H groups in total. The predicted octanol–water partition coefficient (Wildman–Crippen LogP) is 4.70. The number of nitrogens with one attached hydrogen (secondary N) is 1. The summed E-state index contributed by atoms with van der Waals surface area (Å²) in [7, 11) is -3.50. The molecule has 0 spiro atoms. The molecule has 142 valence electrons. The summed E-state index contributed by atoms with van der Waals surface area (Å²) in [4.78, 5) is 3.62. The molecule has 4 nitrogen and oxygen atoms in total. The molecular formula is C20H28N2O2S2. The van der Waals surface area contributed by atoms with Gasteiger partial charge in [-0.15, -0.1) is 11.3 Å². The molecule has 1 aromatic carbocycles. The third-order valence-corrected chi connectivity index (χ3v) is 7.86. The zero-order chi connectivity index (χ0) is 18.6. The van der Waals surface area contributed by atoms with Crippen LogP contribution < -0.4 is 4.72 Å². The number of nitrogens with zero attached hydrogens (tertiary/aromatic N) is 1. The van der Waals surface area contributed by atoms with E-state index in [1.165, 1.54) is 29.7 Å². The first-order chi connectivity index (χ1) is 12.5. The van der Waals surface area contributed by atoms with Crippen LogP contribution in [0.4, 0.5) is 5.69 Å². The zero-order valence-corrected chi connectivity index (χ0v) is 17.2. The van der Waals surface area contributed by atoms with Crippen molar-refractivity contribution in [3.05, 3.63) is 46.8 Å². The average molecular weight is 393 g/mol. The first-order valence-electron chi connectivity index (χ1n) is 9.45. The van der Waals surface area contributed by atoms with Crippen molar-refractivity contribution in [2.24, 2.45) is 0 Å². The molecule has 0 saturated carbocycles. The van der Waals surface area contributed by atoms with Gasteiger partial charge in [-0.05, 0) is 68.1 Å².